The molecule has 0 bridgehead atoms. The summed E-state index contributed by atoms with van der Waals surface area (Å²) < 4.78 is 16.8. The fourth-order valence-corrected chi connectivity index (χ4v) is 9.09. The highest BCUT2D eigenvalue weighted by atomic mass is 16.6. The van der Waals surface area contributed by atoms with E-state index in [0.717, 1.165) is 77.0 Å². The van der Waals surface area contributed by atoms with Crippen molar-refractivity contribution in [2.75, 3.05) is 13.2 Å². The predicted molar refractivity (Wildman–Crippen MR) is 293 cm³/mol. The van der Waals surface area contributed by atoms with Gasteiger partial charge in [-0.2, -0.15) is 0 Å². The summed E-state index contributed by atoms with van der Waals surface area (Å²) >= 11 is 0. The summed E-state index contributed by atoms with van der Waals surface area (Å²) in [6, 6.07) is 0. The first-order chi connectivity index (χ1) is 33.5. The van der Waals surface area contributed by atoms with Crippen LogP contribution in [0.3, 0.4) is 0 Å². The molecule has 1 atom stereocenters. The van der Waals surface area contributed by atoms with E-state index in [9.17, 15) is 14.4 Å². The Balaban J connectivity index is 4.06. The maximum atomic E-state index is 12.8. The lowest BCUT2D eigenvalue weighted by Crippen LogP contribution is -2.30. The van der Waals surface area contributed by atoms with Crippen molar-refractivity contribution >= 4 is 17.9 Å². The fraction of sp³-hybridized carbons (Fsp3) is 0.887. The number of hydrogen-bond acceptors (Lipinski definition) is 6. The van der Waals surface area contributed by atoms with E-state index in [2.05, 4.69) is 45.1 Å². The monoisotopic (exact) mass is 957 g/mol. The Morgan fingerprint density at radius 3 is 0.824 bits per heavy atom. The van der Waals surface area contributed by atoms with Gasteiger partial charge in [-0.3, -0.25) is 14.4 Å². The van der Waals surface area contributed by atoms with Crippen molar-refractivity contribution in [2.45, 2.75) is 341 Å². The van der Waals surface area contributed by atoms with Gasteiger partial charge in [0.05, 0.1) is 0 Å². The summed E-state index contributed by atoms with van der Waals surface area (Å²) in [6.45, 7) is 6.58. The van der Waals surface area contributed by atoms with E-state index in [4.69, 9.17) is 14.2 Å². The predicted octanol–water partition coefficient (Wildman–Crippen LogP) is 20.3. The summed E-state index contributed by atoms with van der Waals surface area (Å²) in [4.78, 5) is 38.0. The van der Waals surface area contributed by atoms with Crippen molar-refractivity contribution in [2.24, 2.45) is 0 Å². The molecule has 0 saturated heterocycles. The number of esters is 3. The summed E-state index contributed by atoms with van der Waals surface area (Å²) in [5.41, 5.74) is 0. The molecule has 0 aromatic carbocycles. The molecule has 0 amide bonds. The lowest BCUT2D eigenvalue weighted by Gasteiger charge is -2.18. The SMILES string of the molecule is CCC/C=C\CCCCCCCC(=O)OCC(COC(=O)CCCCCCCCCCCCCCCCCCCCCCCCCCCCCC)OC(=O)CCCCCCC/C=C\CCCCC. The molecule has 0 radical (unpaired) electrons. The minimum absolute atomic E-state index is 0.0734. The van der Waals surface area contributed by atoms with E-state index in [0.29, 0.717) is 19.3 Å². The summed E-state index contributed by atoms with van der Waals surface area (Å²) in [5, 5.41) is 0. The van der Waals surface area contributed by atoms with Crippen molar-refractivity contribution in [3.8, 4) is 0 Å². The highest BCUT2D eigenvalue weighted by molar-refractivity contribution is 5.71. The first kappa shape index (κ1) is 65.9. The number of rotatable bonds is 56. The zero-order valence-corrected chi connectivity index (χ0v) is 45.9. The molecule has 0 aliphatic carbocycles. The molecule has 0 fully saturated rings. The number of unbranched alkanes of at least 4 members (excludes halogenated alkanes) is 41. The molecule has 1 unspecified atom stereocenters. The maximum Gasteiger partial charge on any atom is 0.306 e. The van der Waals surface area contributed by atoms with Crippen LogP contribution in [0.2, 0.25) is 0 Å². The number of allylic oxidation sites excluding steroid dienone is 4. The van der Waals surface area contributed by atoms with E-state index in [1.54, 1.807) is 0 Å². The number of ether oxygens (including phenoxy) is 3. The van der Waals surface area contributed by atoms with Gasteiger partial charge in [0.1, 0.15) is 13.2 Å². The largest absolute Gasteiger partial charge is 0.462 e. The van der Waals surface area contributed by atoms with E-state index < -0.39 is 6.10 Å². The van der Waals surface area contributed by atoms with Gasteiger partial charge in [-0.15, -0.1) is 0 Å². The molecule has 0 aromatic heterocycles. The molecule has 68 heavy (non-hydrogen) atoms. The third-order valence-electron chi connectivity index (χ3n) is 13.7. The zero-order valence-electron chi connectivity index (χ0n) is 45.9. The van der Waals surface area contributed by atoms with Crippen LogP contribution < -0.4 is 0 Å². The summed E-state index contributed by atoms with van der Waals surface area (Å²) in [7, 11) is 0. The Hall–Kier alpha value is -2.11. The molecule has 0 aliphatic rings. The Morgan fingerprint density at radius 1 is 0.279 bits per heavy atom. The average Bonchev–Trinajstić information content (AvgIpc) is 3.34. The van der Waals surface area contributed by atoms with Crippen molar-refractivity contribution in [3.63, 3.8) is 0 Å². The molecular formula is C62H116O6. The highest BCUT2D eigenvalue weighted by Gasteiger charge is 2.19. The van der Waals surface area contributed by atoms with Crippen LogP contribution in [0.4, 0.5) is 0 Å². The average molecular weight is 958 g/mol. The van der Waals surface area contributed by atoms with Crippen LogP contribution in [-0.4, -0.2) is 37.2 Å². The molecule has 6 heteroatoms. The Kier molecular flexibility index (Phi) is 55.7. The van der Waals surface area contributed by atoms with Crippen LogP contribution in [-0.2, 0) is 28.6 Å². The Morgan fingerprint density at radius 2 is 0.515 bits per heavy atom. The second-order valence-corrected chi connectivity index (χ2v) is 20.6. The smallest absolute Gasteiger partial charge is 0.306 e. The number of carbonyl (C=O) groups excluding carboxylic acids is 3. The zero-order chi connectivity index (χ0) is 49.3. The topological polar surface area (TPSA) is 78.9 Å². The number of carbonyl (C=O) groups is 3. The van der Waals surface area contributed by atoms with Crippen molar-refractivity contribution in [1.29, 1.82) is 0 Å². The van der Waals surface area contributed by atoms with Gasteiger partial charge in [-0.1, -0.05) is 276 Å². The molecule has 0 aromatic rings. The molecule has 0 N–H and O–H groups in total. The van der Waals surface area contributed by atoms with E-state index >= 15 is 0 Å². The van der Waals surface area contributed by atoms with Gasteiger partial charge < -0.3 is 14.2 Å². The van der Waals surface area contributed by atoms with Gasteiger partial charge in [0.2, 0.25) is 0 Å². The van der Waals surface area contributed by atoms with Crippen molar-refractivity contribution in [3.05, 3.63) is 24.3 Å². The van der Waals surface area contributed by atoms with E-state index in [1.165, 1.54) is 218 Å². The molecule has 0 rings (SSSR count). The first-order valence-corrected chi connectivity index (χ1v) is 30.3. The van der Waals surface area contributed by atoms with Gasteiger partial charge >= 0.3 is 17.9 Å². The van der Waals surface area contributed by atoms with Crippen LogP contribution in [0.5, 0.6) is 0 Å². The van der Waals surface area contributed by atoms with Crippen LogP contribution >= 0.6 is 0 Å². The molecule has 400 valence electrons. The summed E-state index contributed by atoms with van der Waals surface area (Å²) in [5.74, 6) is -0.877. The minimum atomic E-state index is -0.774. The van der Waals surface area contributed by atoms with Crippen LogP contribution in [0.15, 0.2) is 24.3 Å². The van der Waals surface area contributed by atoms with E-state index in [1.807, 2.05) is 0 Å². The van der Waals surface area contributed by atoms with Crippen LogP contribution in [0.25, 0.3) is 0 Å². The Labute approximate surface area is 423 Å². The summed E-state index contributed by atoms with van der Waals surface area (Å²) in [6.07, 6.45) is 67.8. The Bertz CT molecular complexity index is 1100. The van der Waals surface area contributed by atoms with Gasteiger partial charge in [0.15, 0.2) is 6.10 Å². The standard InChI is InChI=1S/C62H116O6/c1-4-7-10-13-16-19-22-24-25-26-27-28-29-30-31-32-33-34-35-36-37-38-39-41-43-46-49-52-55-61(64)67-58-59(57-66-60(63)54-51-48-45-42-21-18-15-12-9-6-3)68-62(65)56-53-50-47-44-40-23-20-17-14-11-8-5-2/h12,15,17,20,59H,4-11,13-14,16,18-19,21-58H2,1-3H3/b15-12-,20-17-. The van der Waals surface area contributed by atoms with Crippen LogP contribution in [0.1, 0.15) is 335 Å². The first-order valence-electron chi connectivity index (χ1n) is 30.3. The van der Waals surface area contributed by atoms with Crippen LogP contribution in [0, 0.1) is 0 Å². The lowest BCUT2D eigenvalue weighted by molar-refractivity contribution is -0.167. The van der Waals surface area contributed by atoms with Gasteiger partial charge in [-0.05, 0) is 64.2 Å². The quantitative estimate of drug-likeness (QED) is 0.0262. The normalized spacial score (nSPS) is 12.1. The molecule has 0 aliphatic heterocycles. The lowest BCUT2D eigenvalue weighted by atomic mass is 10.0. The molecule has 0 saturated carbocycles. The molecular weight excluding hydrogens is 841 g/mol. The highest BCUT2D eigenvalue weighted by Crippen LogP contribution is 2.18. The van der Waals surface area contributed by atoms with Gasteiger partial charge in [-0.25, -0.2) is 0 Å². The molecule has 0 heterocycles. The minimum Gasteiger partial charge on any atom is -0.462 e. The third kappa shape index (κ3) is 54.8. The number of hydrogen-bond donors (Lipinski definition) is 0. The molecule has 0 spiro atoms. The maximum absolute atomic E-state index is 12.8. The second kappa shape index (κ2) is 57.5. The van der Waals surface area contributed by atoms with Crippen molar-refractivity contribution < 1.29 is 28.6 Å². The third-order valence-corrected chi connectivity index (χ3v) is 13.7. The van der Waals surface area contributed by atoms with E-state index in [-0.39, 0.29) is 31.1 Å². The molecule has 6 nitrogen and oxygen atoms in total. The second-order valence-electron chi connectivity index (χ2n) is 20.6. The fourth-order valence-electron chi connectivity index (χ4n) is 9.09. The van der Waals surface area contributed by atoms with Crippen molar-refractivity contribution in [1.82, 2.24) is 0 Å². The van der Waals surface area contributed by atoms with Gasteiger partial charge in [0.25, 0.3) is 0 Å². The van der Waals surface area contributed by atoms with Gasteiger partial charge in [0, 0.05) is 19.3 Å².